The van der Waals surface area contributed by atoms with E-state index in [-0.39, 0.29) is 5.95 Å². The second-order valence-corrected chi connectivity index (χ2v) is 5.08. The van der Waals surface area contributed by atoms with E-state index in [0.717, 1.165) is 16.5 Å². The second kappa shape index (κ2) is 4.78. The molecule has 6 heteroatoms. The number of fused-ring (bicyclic) bond motifs is 3. The van der Waals surface area contributed by atoms with Gasteiger partial charge in [0, 0.05) is 5.39 Å². The Morgan fingerprint density at radius 1 is 0.909 bits per heavy atom. The topological polar surface area (TPSA) is 95.1 Å². The van der Waals surface area contributed by atoms with Crippen molar-refractivity contribution >= 4 is 22.5 Å². The molecule has 0 aliphatic carbocycles. The summed E-state index contributed by atoms with van der Waals surface area (Å²) in [5.41, 5.74) is 14.6. The largest absolute Gasteiger partial charge is 0.366 e. The summed E-state index contributed by atoms with van der Waals surface area (Å²) in [6, 6.07) is 17.1. The Morgan fingerprint density at radius 3 is 2.45 bits per heavy atom. The van der Waals surface area contributed by atoms with Gasteiger partial charge >= 0.3 is 0 Å². The lowest BCUT2D eigenvalue weighted by atomic mass is 10.1. The highest BCUT2D eigenvalue weighted by atomic mass is 15.4. The molecular formula is C16H14N6. The molecule has 4 N–H and O–H groups in total. The molecule has 108 valence electrons. The summed E-state index contributed by atoms with van der Waals surface area (Å²) in [6.07, 6.45) is 0. The van der Waals surface area contributed by atoms with Gasteiger partial charge in [0.15, 0.2) is 11.5 Å². The molecule has 2 heterocycles. The Bertz CT molecular complexity index is 960. The lowest BCUT2D eigenvalue weighted by Crippen LogP contribution is -2.18. The molecule has 0 fully saturated rings. The number of aromatic nitrogens is 4. The van der Waals surface area contributed by atoms with E-state index in [4.69, 9.17) is 11.5 Å². The van der Waals surface area contributed by atoms with Gasteiger partial charge in [0.05, 0.1) is 11.6 Å². The van der Waals surface area contributed by atoms with Gasteiger partial charge in [-0.05, 0) is 17.7 Å². The van der Waals surface area contributed by atoms with E-state index >= 15 is 0 Å². The number of benzene rings is 2. The summed E-state index contributed by atoms with van der Waals surface area (Å²) >= 11 is 0. The average molecular weight is 290 g/mol. The number of anilines is 1. The van der Waals surface area contributed by atoms with Crippen molar-refractivity contribution in [1.29, 1.82) is 0 Å². The summed E-state index contributed by atoms with van der Waals surface area (Å²) in [5, 5.41) is 5.15. The third-order valence-electron chi connectivity index (χ3n) is 3.66. The van der Waals surface area contributed by atoms with Crippen molar-refractivity contribution in [3.05, 3.63) is 66.0 Å². The zero-order chi connectivity index (χ0) is 15.1. The van der Waals surface area contributed by atoms with Crippen molar-refractivity contribution in [3.8, 4) is 0 Å². The molecular weight excluding hydrogens is 276 g/mol. The van der Waals surface area contributed by atoms with Gasteiger partial charge < -0.3 is 11.5 Å². The minimum absolute atomic E-state index is 0.208. The molecule has 6 nitrogen and oxygen atoms in total. The van der Waals surface area contributed by atoms with Crippen LogP contribution in [0.3, 0.4) is 0 Å². The maximum Gasteiger partial charge on any atom is 0.240 e. The van der Waals surface area contributed by atoms with Gasteiger partial charge in [-0.3, -0.25) is 0 Å². The van der Waals surface area contributed by atoms with Crippen LogP contribution in [0, 0.1) is 0 Å². The lowest BCUT2D eigenvalue weighted by molar-refractivity contribution is 0.728. The fourth-order valence-electron chi connectivity index (χ4n) is 2.60. The molecule has 0 spiro atoms. The molecule has 4 aromatic rings. The first-order valence-corrected chi connectivity index (χ1v) is 6.95. The maximum atomic E-state index is 6.39. The lowest BCUT2D eigenvalue weighted by Gasteiger charge is -2.13. The van der Waals surface area contributed by atoms with Crippen LogP contribution in [-0.4, -0.2) is 19.6 Å². The first-order valence-electron chi connectivity index (χ1n) is 6.95. The Kier molecular flexibility index (Phi) is 2.77. The van der Waals surface area contributed by atoms with Crippen molar-refractivity contribution in [2.75, 3.05) is 5.73 Å². The van der Waals surface area contributed by atoms with Gasteiger partial charge in [-0.2, -0.15) is 9.50 Å². The maximum absolute atomic E-state index is 6.39. The Balaban J connectivity index is 2.03. The quantitative estimate of drug-likeness (QED) is 0.588. The summed E-state index contributed by atoms with van der Waals surface area (Å²) in [5.74, 6) is 0.823. The molecule has 0 bridgehead atoms. The molecule has 4 rings (SSSR count). The van der Waals surface area contributed by atoms with Crippen LogP contribution in [0.2, 0.25) is 0 Å². The number of nitrogen functional groups attached to an aromatic ring is 1. The van der Waals surface area contributed by atoms with E-state index in [9.17, 15) is 0 Å². The van der Waals surface area contributed by atoms with Crippen molar-refractivity contribution in [2.45, 2.75) is 6.04 Å². The summed E-state index contributed by atoms with van der Waals surface area (Å²) < 4.78 is 1.63. The van der Waals surface area contributed by atoms with Gasteiger partial charge in [-0.1, -0.05) is 42.5 Å². The molecule has 2 aromatic carbocycles. The molecule has 22 heavy (non-hydrogen) atoms. The van der Waals surface area contributed by atoms with Gasteiger partial charge in [-0.15, -0.1) is 5.10 Å². The third-order valence-corrected chi connectivity index (χ3v) is 3.66. The zero-order valence-corrected chi connectivity index (χ0v) is 11.7. The minimum Gasteiger partial charge on any atom is -0.366 e. The molecule has 2 aromatic heterocycles. The summed E-state index contributed by atoms with van der Waals surface area (Å²) in [4.78, 5) is 8.99. The Hall–Kier alpha value is -2.99. The van der Waals surface area contributed by atoms with Gasteiger partial charge in [0.25, 0.3) is 0 Å². The standard InChI is InChI=1S/C16H14N6/c17-13(10-6-2-1-3-7-10)15-19-12-9-5-4-8-11(12)14-20-16(18)21-22(14)15/h1-9,13H,17H2,(H2,18,21)/t13-/m1/s1. The fourth-order valence-corrected chi connectivity index (χ4v) is 2.60. The highest BCUT2D eigenvalue weighted by Crippen LogP contribution is 2.24. The highest BCUT2D eigenvalue weighted by molar-refractivity contribution is 5.91. The fraction of sp³-hybridized carbons (Fsp3) is 0.0625. The van der Waals surface area contributed by atoms with E-state index < -0.39 is 6.04 Å². The molecule has 0 aliphatic rings. The van der Waals surface area contributed by atoms with E-state index in [0.29, 0.717) is 11.5 Å². The Labute approximate surface area is 126 Å². The van der Waals surface area contributed by atoms with Crippen LogP contribution >= 0.6 is 0 Å². The van der Waals surface area contributed by atoms with Crippen LogP contribution in [0.5, 0.6) is 0 Å². The van der Waals surface area contributed by atoms with Crippen LogP contribution in [0.1, 0.15) is 17.4 Å². The number of rotatable bonds is 2. The van der Waals surface area contributed by atoms with Crippen LogP contribution in [0.15, 0.2) is 54.6 Å². The number of nitrogens with zero attached hydrogens (tertiary/aromatic N) is 4. The molecule has 0 radical (unpaired) electrons. The number of hydrogen-bond donors (Lipinski definition) is 2. The molecule has 0 aliphatic heterocycles. The van der Waals surface area contributed by atoms with Crippen molar-refractivity contribution < 1.29 is 0 Å². The number of nitrogens with two attached hydrogens (primary N) is 2. The predicted molar refractivity (Wildman–Crippen MR) is 85.2 cm³/mol. The summed E-state index contributed by atoms with van der Waals surface area (Å²) in [6.45, 7) is 0. The number of para-hydroxylation sites is 1. The summed E-state index contributed by atoms with van der Waals surface area (Å²) in [7, 11) is 0. The minimum atomic E-state index is -0.408. The van der Waals surface area contributed by atoms with Crippen LogP contribution < -0.4 is 11.5 Å². The zero-order valence-electron chi connectivity index (χ0n) is 11.7. The van der Waals surface area contributed by atoms with Crippen LogP contribution in [0.25, 0.3) is 16.6 Å². The van der Waals surface area contributed by atoms with Crippen LogP contribution in [-0.2, 0) is 0 Å². The SMILES string of the molecule is Nc1nc2c3ccccc3nc([C@H](N)c3ccccc3)n2n1. The van der Waals surface area contributed by atoms with Crippen molar-refractivity contribution in [2.24, 2.45) is 5.73 Å². The van der Waals surface area contributed by atoms with Crippen LogP contribution in [0.4, 0.5) is 5.95 Å². The molecule has 1 atom stereocenters. The second-order valence-electron chi connectivity index (χ2n) is 5.08. The molecule has 0 saturated carbocycles. The smallest absolute Gasteiger partial charge is 0.240 e. The van der Waals surface area contributed by atoms with E-state index in [1.807, 2.05) is 54.6 Å². The Morgan fingerprint density at radius 2 is 1.64 bits per heavy atom. The predicted octanol–water partition coefficient (Wildman–Crippen LogP) is 1.91. The van der Waals surface area contributed by atoms with E-state index in [2.05, 4.69) is 15.1 Å². The normalized spacial score (nSPS) is 12.8. The monoisotopic (exact) mass is 290 g/mol. The first kappa shape index (κ1) is 12.7. The highest BCUT2D eigenvalue weighted by Gasteiger charge is 2.18. The molecule has 0 saturated heterocycles. The molecule has 0 amide bonds. The van der Waals surface area contributed by atoms with Crippen molar-refractivity contribution in [3.63, 3.8) is 0 Å². The van der Waals surface area contributed by atoms with Gasteiger partial charge in [0.1, 0.15) is 0 Å². The van der Waals surface area contributed by atoms with Gasteiger partial charge in [-0.25, -0.2) is 4.98 Å². The van der Waals surface area contributed by atoms with E-state index in [1.165, 1.54) is 0 Å². The molecule has 0 unspecified atom stereocenters. The van der Waals surface area contributed by atoms with Gasteiger partial charge in [0.2, 0.25) is 5.95 Å². The number of hydrogen-bond acceptors (Lipinski definition) is 5. The van der Waals surface area contributed by atoms with Crippen molar-refractivity contribution in [1.82, 2.24) is 19.6 Å². The van der Waals surface area contributed by atoms with E-state index in [1.54, 1.807) is 4.52 Å². The average Bonchev–Trinajstić information content (AvgIpc) is 2.96. The first-order chi connectivity index (χ1) is 10.7. The third kappa shape index (κ3) is 1.89.